The summed E-state index contributed by atoms with van der Waals surface area (Å²) in [7, 11) is 0. The molecule has 1 aromatic heterocycles. The van der Waals surface area contributed by atoms with E-state index < -0.39 is 0 Å². The SMILES string of the molecule is Cc1ccc(-n2nnnc2CNC(=O)CC(C)C)cc1C. The lowest BCUT2D eigenvalue weighted by atomic mass is 10.1. The van der Waals surface area contributed by atoms with Crippen LogP contribution in [0.1, 0.15) is 37.2 Å². The molecule has 1 aromatic carbocycles. The summed E-state index contributed by atoms with van der Waals surface area (Å²) in [6.07, 6.45) is 0.505. The number of aromatic nitrogens is 4. The maximum atomic E-state index is 11.7. The van der Waals surface area contributed by atoms with Crippen LogP contribution in [0.5, 0.6) is 0 Å². The first-order valence-electron chi connectivity index (χ1n) is 7.09. The first kappa shape index (κ1) is 15.2. The maximum absolute atomic E-state index is 11.7. The van der Waals surface area contributed by atoms with Crippen LogP contribution in [0.2, 0.25) is 0 Å². The Balaban J connectivity index is 2.11. The number of hydrogen-bond donors (Lipinski definition) is 1. The van der Waals surface area contributed by atoms with Gasteiger partial charge in [-0.2, -0.15) is 4.68 Å². The minimum atomic E-state index is 0.0136. The number of nitrogens with zero attached hydrogens (tertiary/aromatic N) is 4. The molecule has 0 aliphatic heterocycles. The zero-order valence-corrected chi connectivity index (χ0v) is 12.9. The van der Waals surface area contributed by atoms with Crippen molar-refractivity contribution in [2.24, 2.45) is 5.92 Å². The monoisotopic (exact) mass is 287 g/mol. The second-order valence-corrected chi connectivity index (χ2v) is 5.65. The highest BCUT2D eigenvalue weighted by Gasteiger charge is 2.11. The summed E-state index contributed by atoms with van der Waals surface area (Å²) in [5.41, 5.74) is 3.30. The summed E-state index contributed by atoms with van der Waals surface area (Å²) in [6, 6.07) is 6.04. The lowest BCUT2D eigenvalue weighted by Gasteiger charge is -2.09. The molecule has 0 aliphatic carbocycles. The van der Waals surface area contributed by atoms with Crippen LogP contribution in [-0.2, 0) is 11.3 Å². The van der Waals surface area contributed by atoms with Gasteiger partial charge in [-0.1, -0.05) is 19.9 Å². The average molecular weight is 287 g/mol. The van der Waals surface area contributed by atoms with E-state index in [1.54, 1.807) is 4.68 Å². The molecule has 1 amide bonds. The maximum Gasteiger partial charge on any atom is 0.220 e. The summed E-state index contributed by atoms with van der Waals surface area (Å²) < 4.78 is 1.65. The molecule has 0 aliphatic rings. The molecule has 0 saturated heterocycles. The first-order valence-corrected chi connectivity index (χ1v) is 7.09. The van der Waals surface area contributed by atoms with E-state index in [1.807, 2.05) is 39.0 Å². The molecule has 0 saturated carbocycles. The van der Waals surface area contributed by atoms with Crippen LogP contribution in [0.25, 0.3) is 5.69 Å². The molecule has 6 nitrogen and oxygen atoms in total. The number of nitrogens with one attached hydrogen (secondary N) is 1. The fourth-order valence-corrected chi connectivity index (χ4v) is 1.99. The molecular formula is C15H21N5O. The van der Waals surface area contributed by atoms with E-state index in [0.29, 0.717) is 24.7 Å². The third-order valence-electron chi connectivity index (χ3n) is 3.31. The Labute approximate surface area is 124 Å². The van der Waals surface area contributed by atoms with Crippen LogP contribution in [0, 0.1) is 19.8 Å². The van der Waals surface area contributed by atoms with E-state index in [0.717, 1.165) is 5.69 Å². The molecule has 0 radical (unpaired) electrons. The fourth-order valence-electron chi connectivity index (χ4n) is 1.99. The van der Waals surface area contributed by atoms with Gasteiger partial charge in [0.2, 0.25) is 5.91 Å². The van der Waals surface area contributed by atoms with Crippen molar-refractivity contribution in [3.8, 4) is 5.69 Å². The van der Waals surface area contributed by atoms with Crippen molar-refractivity contribution in [1.82, 2.24) is 25.5 Å². The molecule has 0 fully saturated rings. The third kappa shape index (κ3) is 3.87. The van der Waals surface area contributed by atoms with Crippen LogP contribution >= 0.6 is 0 Å². The van der Waals surface area contributed by atoms with Gasteiger partial charge in [0.15, 0.2) is 5.82 Å². The molecule has 0 atom stereocenters. The van der Waals surface area contributed by atoms with Crippen molar-refractivity contribution < 1.29 is 4.79 Å². The van der Waals surface area contributed by atoms with Gasteiger partial charge in [0.05, 0.1) is 12.2 Å². The van der Waals surface area contributed by atoms with Crippen LogP contribution in [0.4, 0.5) is 0 Å². The van der Waals surface area contributed by atoms with E-state index in [1.165, 1.54) is 11.1 Å². The Morgan fingerprint density at radius 1 is 1.29 bits per heavy atom. The normalized spacial score (nSPS) is 10.9. The Bertz CT molecular complexity index is 633. The van der Waals surface area contributed by atoms with Crippen molar-refractivity contribution in [3.05, 3.63) is 35.2 Å². The molecule has 0 spiro atoms. The number of benzene rings is 1. The predicted octanol–water partition coefficient (Wildman–Crippen LogP) is 1.94. The highest BCUT2D eigenvalue weighted by Crippen LogP contribution is 2.14. The molecule has 21 heavy (non-hydrogen) atoms. The Morgan fingerprint density at radius 2 is 2.05 bits per heavy atom. The third-order valence-corrected chi connectivity index (χ3v) is 3.31. The van der Waals surface area contributed by atoms with Crippen molar-refractivity contribution >= 4 is 5.91 Å². The van der Waals surface area contributed by atoms with Crippen LogP contribution < -0.4 is 5.32 Å². The average Bonchev–Trinajstić information content (AvgIpc) is 2.87. The summed E-state index contributed by atoms with van der Waals surface area (Å²) >= 11 is 0. The summed E-state index contributed by atoms with van der Waals surface area (Å²) in [4.78, 5) is 11.7. The smallest absolute Gasteiger partial charge is 0.220 e. The highest BCUT2D eigenvalue weighted by atomic mass is 16.1. The van der Waals surface area contributed by atoms with Gasteiger partial charge in [-0.25, -0.2) is 0 Å². The molecule has 2 rings (SSSR count). The van der Waals surface area contributed by atoms with E-state index >= 15 is 0 Å². The minimum absolute atomic E-state index is 0.0136. The Hall–Kier alpha value is -2.24. The van der Waals surface area contributed by atoms with E-state index in [4.69, 9.17) is 0 Å². The molecule has 0 bridgehead atoms. The van der Waals surface area contributed by atoms with E-state index in [2.05, 4.69) is 27.8 Å². The fraction of sp³-hybridized carbons (Fsp3) is 0.467. The molecule has 6 heteroatoms. The van der Waals surface area contributed by atoms with Gasteiger partial charge in [0.1, 0.15) is 0 Å². The topological polar surface area (TPSA) is 72.7 Å². The Morgan fingerprint density at radius 3 is 2.71 bits per heavy atom. The largest absolute Gasteiger partial charge is 0.349 e. The standard InChI is InChI=1S/C15H21N5O/c1-10(2)7-15(21)16-9-14-17-18-19-20(14)13-6-5-11(3)12(4)8-13/h5-6,8,10H,7,9H2,1-4H3,(H,16,21). The van der Waals surface area contributed by atoms with E-state index in [-0.39, 0.29) is 5.91 Å². The number of carbonyl (C=O) groups is 1. The second kappa shape index (κ2) is 6.47. The number of hydrogen-bond acceptors (Lipinski definition) is 4. The number of tetrazole rings is 1. The minimum Gasteiger partial charge on any atom is -0.349 e. The first-order chi connectivity index (χ1) is 9.97. The van der Waals surface area contributed by atoms with Gasteiger partial charge in [-0.05, 0) is 53.5 Å². The number of amides is 1. The van der Waals surface area contributed by atoms with Crippen molar-refractivity contribution in [2.45, 2.75) is 40.7 Å². The predicted molar refractivity (Wildman–Crippen MR) is 79.9 cm³/mol. The van der Waals surface area contributed by atoms with Gasteiger partial charge < -0.3 is 5.32 Å². The molecule has 0 unspecified atom stereocenters. The summed E-state index contributed by atoms with van der Waals surface area (Å²) in [5.74, 6) is 0.968. The van der Waals surface area contributed by atoms with Crippen LogP contribution in [0.3, 0.4) is 0 Å². The molecule has 1 N–H and O–H groups in total. The number of rotatable bonds is 5. The van der Waals surface area contributed by atoms with Crippen molar-refractivity contribution in [1.29, 1.82) is 0 Å². The lowest BCUT2D eigenvalue weighted by Crippen LogP contribution is -2.25. The van der Waals surface area contributed by atoms with Gasteiger partial charge in [-0.3, -0.25) is 4.79 Å². The zero-order valence-electron chi connectivity index (χ0n) is 12.9. The van der Waals surface area contributed by atoms with Gasteiger partial charge in [0, 0.05) is 6.42 Å². The van der Waals surface area contributed by atoms with Gasteiger partial charge >= 0.3 is 0 Å². The second-order valence-electron chi connectivity index (χ2n) is 5.65. The summed E-state index contributed by atoms with van der Waals surface area (Å²) in [5, 5.41) is 14.5. The number of aryl methyl sites for hydroxylation is 2. The van der Waals surface area contributed by atoms with E-state index in [9.17, 15) is 4.79 Å². The quantitative estimate of drug-likeness (QED) is 0.912. The van der Waals surface area contributed by atoms with Gasteiger partial charge in [-0.15, -0.1) is 5.10 Å². The van der Waals surface area contributed by atoms with Crippen molar-refractivity contribution in [3.63, 3.8) is 0 Å². The van der Waals surface area contributed by atoms with Gasteiger partial charge in [0.25, 0.3) is 0 Å². The molecule has 1 heterocycles. The molecular weight excluding hydrogens is 266 g/mol. The van der Waals surface area contributed by atoms with Crippen LogP contribution in [-0.4, -0.2) is 26.1 Å². The number of carbonyl (C=O) groups excluding carboxylic acids is 1. The highest BCUT2D eigenvalue weighted by molar-refractivity contribution is 5.75. The molecule has 2 aromatic rings. The summed E-state index contributed by atoms with van der Waals surface area (Å²) in [6.45, 7) is 8.46. The van der Waals surface area contributed by atoms with Crippen molar-refractivity contribution in [2.75, 3.05) is 0 Å². The zero-order chi connectivity index (χ0) is 15.4. The lowest BCUT2D eigenvalue weighted by molar-refractivity contribution is -0.122. The van der Waals surface area contributed by atoms with Crippen LogP contribution in [0.15, 0.2) is 18.2 Å². The Kier molecular flexibility index (Phi) is 4.67. The molecule has 112 valence electrons.